The van der Waals surface area contributed by atoms with Crippen LogP contribution < -0.4 is 5.73 Å². The molecule has 0 bridgehead atoms. The fourth-order valence-corrected chi connectivity index (χ4v) is 1.39. The maximum atomic E-state index is 5.84. The Balaban J connectivity index is 2.97. The van der Waals surface area contributed by atoms with E-state index in [1.807, 2.05) is 36.4 Å². The number of hydrogen-bond donors (Lipinski definition) is 1. The Morgan fingerprint density at radius 2 is 2.08 bits per heavy atom. The van der Waals surface area contributed by atoms with Crippen molar-refractivity contribution in [2.24, 2.45) is 0 Å². The molecule has 0 fully saturated rings. The van der Waals surface area contributed by atoms with Crippen molar-refractivity contribution in [3.05, 3.63) is 29.6 Å². The minimum absolute atomic E-state index is 0.739. The predicted molar refractivity (Wildman–Crippen MR) is 49.1 cm³/mol. The van der Waals surface area contributed by atoms with Crippen LogP contribution in [0, 0.1) is 13.8 Å². The van der Waals surface area contributed by atoms with Crippen molar-refractivity contribution in [1.29, 1.82) is 0 Å². The van der Waals surface area contributed by atoms with Gasteiger partial charge >= 0.3 is 0 Å². The van der Waals surface area contributed by atoms with Crippen LogP contribution in [-0.2, 0) is 0 Å². The van der Waals surface area contributed by atoms with E-state index in [0.29, 0.717) is 0 Å². The Bertz CT molecular complexity index is 429. The van der Waals surface area contributed by atoms with E-state index in [0.717, 1.165) is 22.9 Å². The monoisotopic (exact) mass is 161 g/mol. The third kappa shape index (κ3) is 0.794. The topological polar surface area (TPSA) is 43.3 Å². The Kier molecular flexibility index (Phi) is 1.33. The zero-order valence-electron chi connectivity index (χ0n) is 7.20. The summed E-state index contributed by atoms with van der Waals surface area (Å²) >= 11 is 0. The van der Waals surface area contributed by atoms with Gasteiger partial charge in [0.25, 0.3) is 0 Å². The van der Waals surface area contributed by atoms with E-state index < -0.39 is 0 Å². The number of anilines is 1. The first-order valence-electron chi connectivity index (χ1n) is 3.90. The van der Waals surface area contributed by atoms with Gasteiger partial charge in [-0.05, 0) is 26.0 Å². The molecule has 0 aliphatic carbocycles. The number of aromatic nitrogens is 2. The molecule has 2 aromatic rings. The average molecular weight is 161 g/mol. The highest BCUT2D eigenvalue weighted by atomic mass is 15.1. The summed E-state index contributed by atoms with van der Waals surface area (Å²) in [4.78, 5) is 4.31. The van der Waals surface area contributed by atoms with Crippen molar-refractivity contribution >= 4 is 11.5 Å². The first kappa shape index (κ1) is 7.16. The third-order valence-corrected chi connectivity index (χ3v) is 2.06. The normalized spacial score (nSPS) is 10.8. The van der Waals surface area contributed by atoms with Crippen molar-refractivity contribution in [2.45, 2.75) is 13.8 Å². The first-order chi connectivity index (χ1) is 5.70. The number of hydrogen-bond acceptors (Lipinski definition) is 2. The van der Waals surface area contributed by atoms with Crippen LogP contribution in [0.25, 0.3) is 5.65 Å². The molecule has 0 aliphatic heterocycles. The fourth-order valence-electron chi connectivity index (χ4n) is 1.39. The molecule has 2 heterocycles. The third-order valence-electron chi connectivity index (χ3n) is 2.06. The summed E-state index contributed by atoms with van der Waals surface area (Å²) in [5.74, 6) is 0.739. The van der Waals surface area contributed by atoms with Gasteiger partial charge in [0.15, 0.2) is 0 Å². The lowest BCUT2D eigenvalue weighted by Crippen LogP contribution is -1.96. The predicted octanol–water partition coefficient (Wildman–Crippen LogP) is 1.53. The number of rotatable bonds is 0. The number of nitrogens with zero attached hydrogens (tertiary/aromatic N) is 2. The van der Waals surface area contributed by atoms with E-state index in [-0.39, 0.29) is 0 Å². The Morgan fingerprint density at radius 1 is 1.33 bits per heavy atom. The summed E-state index contributed by atoms with van der Waals surface area (Å²) in [7, 11) is 0. The molecule has 62 valence electrons. The number of imidazole rings is 1. The molecule has 0 aliphatic rings. The van der Waals surface area contributed by atoms with E-state index >= 15 is 0 Å². The molecule has 12 heavy (non-hydrogen) atoms. The highest BCUT2D eigenvalue weighted by Crippen LogP contribution is 2.15. The van der Waals surface area contributed by atoms with Crippen molar-refractivity contribution in [3.63, 3.8) is 0 Å². The van der Waals surface area contributed by atoms with Gasteiger partial charge in [0.2, 0.25) is 0 Å². The zero-order chi connectivity index (χ0) is 8.72. The smallest absolute Gasteiger partial charge is 0.138 e. The van der Waals surface area contributed by atoms with E-state index in [1.54, 1.807) is 0 Å². The summed E-state index contributed by atoms with van der Waals surface area (Å²) in [6.07, 6.45) is 0. The Morgan fingerprint density at radius 3 is 2.75 bits per heavy atom. The van der Waals surface area contributed by atoms with Gasteiger partial charge in [0, 0.05) is 5.69 Å². The van der Waals surface area contributed by atoms with Gasteiger partial charge in [-0.3, -0.25) is 4.40 Å². The van der Waals surface area contributed by atoms with Crippen LogP contribution in [0.2, 0.25) is 0 Å². The largest absolute Gasteiger partial charge is 0.383 e. The van der Waals surface area contributed by atoms with E-state index in [9.17, 15) is 0 Å². The second-order valence-corrected chi connectivity index (χ2v) is 2.94. The molecule has 0 saturated heterocycles. The van der Waals surface area contributed by atoms with Gasteiger partial charge in [-0.1, -0.05) is 6.07 Å². The maximum Gasteiger partial charge on any atom is 0.138 e. The molecular formula is C9H11N3. The van der Waals surface area contributed by atoms with E-state index in [4.69, 9.17) is 5.73 Å². The van der Waals surface area contributed by atoms with Crippen LogP contribution >= 0.6 is 0 Å². The molecular weight excluding hydrogens is 150 g/mol. The fraction of sp³-hybridized carbons (Fsp3) is 0.222. The zero-order valence-corrected chi connectivity index (χ0v) is 7.20. The number of fused-ring (bicyclic) bond motifs is 1. The minimum atomic E-state index is 0.739. The molecule has 0 spiro atoms. The molecule has 3 heteroatoms. The van der Waals surface area contributed by atoms with Crippen LogP contribution in [0.3, 0.4) is 0 Å². The van der Waals surface area contributed by atoms with Gasteiger partial charge in [0.1, 0.15) is 11.5 Å². The molecule has 2 N–H and O–H groups in total. The quantitative estimate of drug-likeness (QED) is 0.636. The molecule has 0 saturated carbocycles. The molecule has 2 rings (SSSR count). The summed E-state index contributed by atoms with van der Waals surface area (Å²) in [6.45, 7) is 3.94. The van der Waals surface area contributed by atoms with E-state index in [1.165, 1.54) is 0 Å². The SMILES string of the molecule is Cc1nc2cccc(C)n2c1N. The van der Waals surface area contributed by atoms with Crippen LogP contribution in [0.1, 0.15) is 11.4 Å². The van der Waals surface area contributed by atoms with E-state index in [2.05, 4.69) is 4.98 Å². The minimum Gasteiger partial charge on any atom is -0.383 e. The molecule has 2 aromatic heterocycles. The lowest BCUT2D eigenvalue weighted by Gasteiger charge is -1.99. The van der Waals surface area contributed by atoms with Gasteiger partial charge in [-0.15, -0.1) is 0 Å². The molecule has 0 atom stereocenters. The van der Waals surface area contributed by atoms with Crippen LogP contribution in [-0.4, -0.2) is 9.38 Å². The summed E-state index contributed by atoms with van der Waals surface area (Å²) in [6, 6.07) is 5.96. The Hall–Kier alpha value is -1.51. The number of aryl methyl sites for hydroxylation is 2. The van der Waals surface area contributed by atoms with Crippen LogP contribution in [0.15, 0.2) is 18.2 Å². The molecule has 0 aromatic carbocycles. The lowest BCUT2D eigenvalue weighted by molar-refractivity contribution is 1.10. The lowest BCUT2D eigenvalue weighted by atomic mass is 10.4. The van der Waals surface area contributed by atoms with Crippen molar-refractivity contribution in [2.75, 3.05) is 5.73 Å². The second kappa shape index (κ2) is 2.24. The van der Waals surface area contributed by atoms with Gasteiger partial charge < -0.3 is 5.73 Å². The van der Waals surface area contributed by atoms with Crippen LogP contribution in [0.5, 0.6) is 0 Å². The van der Waals surface area contributed by atoms with Crippen molar-refractivity contribution in [3.8, 4) is 0 Å². The highest BCUT2D eigenvalue weighted by Gasteiger charge is 2.04. The first-order valence-corrected chi connectivity index (χ1v) is 3.90. The number of nitrogens with two attached hydrogens (primary N) is 1. The summed E-state index contributed by atoms with van der Waals surface area (Å²) in [5.41, 5.74) is 8.77. The average Bonchev–Trinajstić information content (AvgIpc) is 2.29. The standard InChI is InChI=1S/C9H11N3/c1-6-4-3-5-8-11-7(2)9(10)12(6)8/h3-5H,10H2,1-2H3. The number of pyridine rings is 1. The molecule has 3 nitrogen and oxygen atoms in total. The second-order valence-electron chi connectivity index (χ2n) is 2.94. The van der Waals surface area contributed by atoms with Gasteiger partial charge in [0.05, 0.1) is 5.69 Å². The molecule has 0 radical (unpaired) electrons. The van der Waals surface area contributed by atoms with Gasteiger partial charge in [-0.2, -0.15) is 0 Å². The van der Waals surface area contributed by atoms with Crippen molar-refractivity contribution in [1.82, 2.24) is 9.38 Å². The number of nitrogen functional groups attached to an aromatic ring is 1. The molecule has 0 unspecified atom stereocenters. The van der Waals surface area contributed by atoms with Crippen LogP contribution in [0.4, 0.5) is 5.82 Å². The highest BCUT2D eigenvalue weighted by molar-refractivity contribution is 5.53. The summed E-state index contributed by atoms with van der Waals surface area (Å²) < 4.78 is 1.95. The maximum absolute atomic E-state index is 5.84. The molecule has 0 amide bonds. The Labute approximate surface area is 70.8 Å². The van der Waals surface area contributed by atoms with Gasteiger partial charge in [-0.25, -0.2) is 4.98 Å². The summed E-state index contributed by atoms with van der Waals surface area (Å²) in [5, 5.41) is 0. The van der Waals surface area contributed by atoms with Crippen molar-refractivity contribution < 1.29 is 0 Å².